The monoisotopic (exact) mass is 376 g/mol. The molecule has 0 aromatic heterocycles. The number of rotatable bonds is 4. The van der Waals surface area contributed by atoms with Crippen LogP contribution in [0.4, 0.5) is 5.69 Å². The van der Waals surface area contributed by atoms with Gasteiger partial charge in [-0.05, 0) is 49.4 Å². The van der Waals surface area contributed by atoms with Crippen LogP contribution in [0.25, 0.3) is 5.57 Å². The van der Waals surface area contributed by atoms with Crippen LogP contribution < -0.4 is 9.64 Å². The number of amides is 2. The van der Waals surface area contributed by atoms with E-state index in [9.17, 15) is 9.59 Å². The van der Waals surface area contributed by atoms with Crippen LogP contribution in [0, 0.1) is 6.92 Å². The van der Waals surface area contributed by atoms with Crippen LogP contribution in [-0.2, 0) is 9.59 Å². The van der Waals surface area contributed by atoms with Gasteiger partial charge in [-0.2, -0.15) is 0 Å². The average Bonchev–Trinajstić information content (AvgIpc) is 2.99. The van der Waals surface area contributed by atoms with E-state index in [-0.39, 0.29) is 11.8 Å². The molecule has 144 valence electrons. The summed E-state index contributed by atoms with van der Waals surface area (Å²) in [5, 5.41) is 0. The number of ether oxygens (including phenoxy) is 1. The Labute approximate surface area is 165 Å². The van der Waals surface area contributed by atoms with Gasteiger partial charge in [0.1, 0.15) is 11.4 Å². The Balaban J connectivity index is 1.85. The minimum atomic E-state index is -0.291. The van der Waals surface area contributed by atoms with Crippen LogP contribution in [-0.4, -0.2) is 36.9 Å². The lowest BCUT2D eigenvalue weighted by atomic mass is 10.0. The number of hydrogen-bond acceptors (Lipinski definition) is 4. The van der Waals surface area contributed by atoms with Crippen molar-refractivity contribution in [3.63, 3.8) is 0 Å². The second kappa shape index (κ2) is 7.50. The van der Waals surface area contributed by atoms with Gasteiger partial charge in [-0.1, -0.05) is 36.4 Å². The van der Waals surface area contributed by atoms with Crippen molar-refractivity contribution in [1.29, 1.82) is 0 Å². The normalized spacial score (nSPS) is 17.5. The van der Waals surface area contributed by atoms with Crippen LogP contribution in [0.1, 0.15) is 30.4 Å². The van der Waals surface area contributed by atoms with Crippen molar-refractivity contribution in [3.05, 3.63) is 65.4 Å². The van der Waals surface area contributed by atoms with Gasteiger partial charge < -0.3 is 9.64 Å². The van der Waals surface area contributed by atoms with Gasteiger partial charge in [-0.25, -0.2) is 4.90 Å². The summed E-state index contributed by atoms with van der Waals surface area (Å²) < 4.78 is 5.45. The highest BCUT2D eigenvalue weighted by molar-refractivity contribution is 6.45. The number of likely N-dealkylation sites (tertiary alicyclic amines) is 1. The van der Waals surface area contributed by atoms with Gasteiger partial charge in [-0.3, -0.25) is 9.59 Å². The van der Waals surface area contributed by atoms with E-state index in [1.54, 1.807) is 13.2 Å². The molecule has 0 atom stereocenters. The Morgan fingerprint density at radius 2 is 1.61 bits per heavy atom. The molecule has 4 rings (SSSR count). The molecule has 0 radical (unpaired) electrons. The second-order valence-corrected chi connectivity index (χ2v) is 7.26. The smallest absolute Gasteiger partial charge is 0.282 e. The lowest BCUT2D eigenvalue weighted by molar-refractivity contribution is -0.120. The van der Waals surface area contributed by atoms with E-state index < -0.39 is 0 Å². The van der Waals surface area contributed by atoms with Gasteiger partial charge in [0.2, 0.25) is 0 Å². The van der Waals surface area contributed by atoms with Crippen LogP contribution in [0.5, 0.6) is 5.75 Å². The SMILES string of the molecule is COc1ccc(C)cc1N1C(=O)C(c2ccccc2)=C(N2CCCCC2)C1=O. The van der Waals surface area contributed by atoms with Crippen molar-refractivity contribution < 1.29 is 14.3 Å². The van der Waals surface area contributed by atoms with Gasteiger partial charge in [0.05, 0.1) is 18.4 Å². The Kier molecular flexibility index (Phi) is 4.90. The maximum absolute atomic E-state index is 13.5. The number of carbonyl (C=O) groups is 2. The lowest BCUT2D eigenvalue weighted by Gasteiger charge is -2.29. The lowest BCUT2D eigenvalue weighted by Crippen LogP contribution is -2.37. The Hall–Kier alpha value is -3.08. The number of methoxy groups -OCH3 is 1. The van der Waals surface area contributed by atoms with E-state index >= 15 is 0 Å². The van der Waals surface area contributed by atoms with E-state index in [0.29, 0.717) is 22.7 Å². The number of anilines is 1. The van der Waals surface area contributed by atoms with Crippen LogP contribution >= 0.6 is 0 Å². The van der Waals surface area contributed by atoms with Gasteiger partial charge in [-0.15, -0.1) is 0 Å². The average molecular weight is 376 g/mol. The topological polar surface area (TPSA) is 49.9 Å². The summed E-state index contributed by atoms with van der Waals surface area (Å²) in [6.07, 6.45) is 3.21. The van der Waals surface area contributed by atoms with Crippen molar-refractivity contribution in [3.8, 4) is 5.75 Å². The highest BCUT2D eigenvalue weighted by Gasteiger charge is 2.43. The zero-order valence-electron chi connectivity index (χ0n) is 16.3. The Bertz CT molecular complexity index is 944. The predicted molar refractivity (Wildman–Crippen MR) is 109 cm³/mol. The van der Waals surface area contributed by atoms with Crippen molar-refractivity contribution in [2.45, 2.75) is 26.2 Å². The van der Waals surface area contributed by atoms with Gasteiger partial charge in [0.15, 0.2) is 0 Å². The summed E-state index contributed by atoms with van der Waals surface area (Å²) in [7, 11) is 1.55. The zero-order chi connectivity index (χ0) is 19.7. The minimum absolute atomic E-state index is 0.269. The molecule has 2 heterocycles. The molecule has 0 spiro atoms. The molecule has 5 heteroatoms. The molecule has 2 amide bonds. The molecule has 1 fully saturated rings. The number of benzene rings is 2. The predicted octanol–water partition coefficient (Wildman–Crippen LogP) is 3.77. The van der Waals surface area contributed by atoms with Gasteiger partial charge in [0.25, 0.3) is 11.8 Å². The third-order valence-corrected chi connectivity index (χ3v) is 5.37. The summed E-state index contributed by atoms with van der Waals surface area (Å²) in [5.74, 6) is -0.0464. The fourth-order valence-electron chi connectivity index (χ4n) is 3.99. The van der Waals surface area contributed by atoms with E-state index in [2.05, 4.69) is 4.90 Å². The van der Waals surface area contributed by atoms with Crippen LogP contribution in [0.2, 0.25) is 0 Å². The summed E-state index contributed by atoms with van der Waals surface area (Å²) in [6.45, 7) is 3.53. The number of hydrogen-bond donors (Lipinski definition) is 0. The summed E-state index contributed by atoms with van der Waals surface area (Å²) in [6, 6.07) is 15.0. The Morgan fingerprint density at radius 3 is 2.29 bits per heavy atom. The first-order valence-corrected chi connectivity index (χ1v) is 9.70. The van der Waals surface area contributed by atoms with E-state index in [4.69, 9.17) is 4.74 Å². The van der Waals surface area contributed by atoms with Crippen molar-refractivity contribution in [2.24, 2.45) is 0 Å². The van der Waals surface area contributed by atoms with Crippen LogP contribution in [0.15, 0.2) is 54.2 Å². The molecule has 2 aliphatic heterocycles. The number of carbonyl (C=O) groups excluding carboxylic acids is 2. The van der Waals surface area contributed by atoms with E-state index in [0.717, 1.165) is 43.5 Å². The third-order valence-electron chi connectivity index (χ3n) is 5.37. The fraction of sp³-hybridized carbons (Fsp3) is 0.304. The number of piperidine rings is 1. The molecule has 28 heavy (non-hydrogen) atoms. The van der Waals surface area contributed by atoms with Crippen molar-refractivity contribution in [2.75, 3.05) is 25.1 Å². The van der Waals surface area contributed by atoms with Gasteiger partial charge in [0, 0.05) is 13.1 Å². The standard InChI is InChI=1S/C23H24N2O3/c1-16-11-12-19(28-2)18(15-16)25-22(26)20(17-9-5-3-6-10-17)21(23(25)27)24-13-7-4-8-14-24/h3,5-6,9-12,15H,4,7-8,13-14H2,1-2H3. The molecule has 1 saturated heterocycles. The Morgan fingerprint density at radius 1 is 0.893 bits per heavy atom. The maximum atomic E-state index is 13.5. The zero-order valence-corrected chi connectivity index (χ0v) is 16.3. The third kappa shape index (κ3) is 3.07. The highest BCUT2D eigenvalue weighted by atomic mass is 16.5. The molecule has 0 N–H and O–H groups in total. The molecule has 2 aliphatic rings. The maximum Gasteiger partial charge on any atom is 0.282 e. The molecular weight excluding hydrogens is 352 g/mol. The first-order valence-electron chi connectivity index (χ1n) is 9.70. The largest absolute Gasteiger partial charge is 0.495 e. The first kappa shape index (κ1) is 18.3. The number of aryl methyl sites for hydroxylation is 1. The molecule has 2 aromatic rings. The second-order valence-electron chi connectivity index (χ2n) is 7.26. The number of nitrogens with zero attached hydrogens (tertiary/aromatic N) is 2. The molecule has 2 aromatic carbocycles. The molecule has 0 aliphatic carbocycles. The van der Waals surface area contributed by atoms with E-state index in [1.165, 1.54) is 4.90 Å². The summed E-state index contributed by atoms with van der Waals surface area (Å²) in [4.78, 5) is 30.4. The van der Waals surface area contributed by atoms with Gasteiger partial charge >= 0.3 is 0 Å². The van der Waals surface area contributed by atoms with Crippen LogP contribution in [0.3, 0.4) is 0 Å². The van der Waals surface area contributed by atoms with Crippen molar-refractivity contribution >= 4 is 23.1 Å². The fourth-order valence-corrected chi connectivity index (χ4v) is 3.99. The minimum Gasteiger partial charge on any atom is -0.495 e. The molecular formula is C23H24N2O3. The highest BCUT2D eigenvalue weighted by Crippen LogP contribution is 2.39. The molecule has 0 saturated carbocycles. The molecule has 5 nitrogen and oxygen atoms in total. The summed E-state index contributed by atoms with van der Waals surface area (Å²) >= 11 is 0. The molecule has 0 unspecified atom stereocenters. The number of imide groups is 1. The summed E-state index contributed by atoms with van der Waals surface area (Å²) in [5.41, 5.74) is 3.23. The first-order chi connectivity index (χ1) is 13.6. The van der Waals surface area contributed by atoms with E-state index in [1.807, 2.05) is 49.4 Å². The van der Waals surface area contributed by atoms with Crippen molar-refractivity contribution in [1.82, 2.24) is 4.90 Å². The molecule has 0 bridgehead atoms. The quantitative estimate of drug-likeness (QED) is 0.762.